The Kier molecular flexibility index (Phi) is 2.69. The maximum Gasteiger partial charge on any atom is 0.195 e. The molecule has 0 aromatic carbocycles. The first kappa shape index (κ1) is 9.86. The summed E-state index contributed by atoms with van der Waals surface area (Å²) in [6, 6.07) is 0. The fourth-order valence-corrected chi connectivity index (χ4v) is 2.30. The van der Waals surface area contributed by atoms with Crippen molar-refractivity contribution < 1.29 is 0 Å². The normalized spacial score (nSPS) is 23.1. The van der Waals surface area contributed by atoms with Crippen molar-refractivity contribution in [1.82, 2.24) is 19.7 Å². The number of nitrogens with zero attached hydrogens (tertiary/aromatic N) is 3. The van der Waals surface area contributed by atoms with E-state index in [9.17, 15) is 0 Å². The molecule has 2 rings (SSSR count). The predicted molar refractivity (Wildman–Crippen MR) is 57.8 cm³/mol. The molecule has 1 aromatic rings. The number of hydrogen-bond donors (Lipinski definition) is 1. The third kappa shape index (κ3) is 1.88. The summed E-state index contributed by atoms with van der Waals surface area (Å²) in [5.41, 5.74) is 0. The minimum absolute atomic E-state index is 0.725. The van der Waals surface area contributed by atoms with E-state index in [4.69, 9.17) is 12.2 Å². The zero-order chi connectivity index (χ0) is 10.1. The minimum Gasteiger partial charge on any atom is -0.306 e. The third-order valence-corrected chi connectivity index (χ3v) is 3.19. The molecule has 2 heterocycles. The second-order valence-electron chi connectivity index (χ2n) is 4.10. The fraction of sp³-hybridized carbons (Fsp3) is 0.778. The maximum absolute atomic E-state index is 5.17. The lowest BCUT2D eigenvalue weighted by molar-refractivity contribution is 0.375. The number of hydrogen-bond acceptors (Lipinski definition) is 3. The molecular weight excluding hydrogens is 196 g/mol. The number of H-pyrrole nitrogens is 1. The van der Waals surface area contributed by atoms with Gasteiger partial charge in [-0.05, 0) is 45.1 Å². The van der Waals surface area contributed by atoms with Crippen molar-refractivity contribution in [3.63, 3.8) is 0 Å². The van der Waals surface area contributed by atoms with Crippen LogP contribution >= 0.6 is 12.2 Å². The Labute approximate surface area is 88.9 Å². The van der Waals surface area contributed by atoms with Crippen molar-refractivity contribution in [1.29, 1.82) is 0 Å². The molecule has 0 aliphatic carbocycles. The van der Waals surface area contributed by atoms with E-state index in [1.54, 1.807) is 0 Å². The average molecular weight is 212 g/mol. The summed E-state index contributed by atoms with van der Waals surface area (Å²) in [5.74, 6) is 1.72. The van der Waals surface area contributed by atoms with Gasteiger partial charge in [0.15, 0.2) is 4.77 Å². The predicted octanol–water partition coefficient (Wildman–Crippen LogP) is 1.20. The molecule has 14 heavy (non-hydrogen) atoms. The van der Waals surface area contributed by atoms with E-state index in [2.05, 4.69) is 26.7 Å². The van der Waals surface area contributed by atoms with Crippen molar-refractivity contribution in [2.45, 2.75) is 19.9 Å². The summed E-state index contributed by atoms with van der Waals surface area (Å²) < 4.78 is 2.84. The van der Waals surface area contributed by atoms with Crippen LogP contribution < -0.4 is 0 Å². The minimum atomic E-state index is 0.725. The first-order valence-corrected chi connectivity index (χ1v) is 5.38. The molecule has 0 saturated carbocycles. The molecule has 1 aliphatic rings. The van der Waals surface area contributed by atoms with Gasteiger partial charge >= 0.3 is 0 Å². The second kappa shape index (κ2) is 3.82. The molecule has 78 valence electrons. The van der Waals surface area contributed by atoms with Crippen LogP contribution in [0.4, 0.5) is 0 Å². The van der Waals surface area contributed by atoms with Gasteiger partial charge in [-0.15, -0.1) is 0 Å². The smallest absolute Gasteiger partial charge is 0.195 e. The first-order chi connectivity index (χ1) is 6.66. The Morgan fingerprint density at radius 3 is 2.93 bits per heavy atom. The van der Waals surface area contributed by atoms with Crippen LogP contribution in [0.1, 0.15) is 12.2 Å². The summed E-state index contributed by atoms with van der Waals surface area (Å²) in [6.07, 6.45) is 1.27. The van der Waals surface area contributed by atoms with Gasteiger partial charge in [0, 0.05) is 13.1 Å². The molecular formula is C9H16N4S. The number of aryl methyl sites for hydroxylation is 1. The topological polar surface area (TPSA) is 36.9 Å². The zero-order valence-electron chi connectivity index (χ0n) is 8.66. The highest BCUT2D eigenvalue weighted by Gasteiger charge is 2.20. The van der Waals surface area contributed by atoms with Crippen LogP contribution in [-0.4, -0.2) is 39.8 Å². The van der Waals surface area contributed by atoms with Crippen LogP contribution in [0.25, 0.3) is 0 Å². The van der Waals surface area contributed by atoms with E-state index in [1.807, 2.05) is 6.92 Å². The standard InChI is InChI=1S/C9H16N4S/c1-7-10-11-9(14)13(7)6-8-3-4-12(2)5-8/h8H,3-6H2,1-2H3,(H,11,14). The lowest BCUT2D eigenvalue weighted by Gasteiger charge is -2.11. The zero-order valence-corrected chi connectivity index (χ0v) is 9.47. The third-order valence-electron chi connectivity index (χ3n) is 2.88. The Morgan fingerprint density at radius 2 is 2.43 bits per heavy atom. The van der Waals surface area contributed by atoms with Gasteiger partial charge in [0.05, 0.1) is 0 Å². The Morgan fingerprint density at radius 1 is 1.64 bits per heavy atom. The van der Waals surface area contributed by atoms with Crippen LogP contribution in [0.15, 0.2) is 0 Å². The highest BCUT2D eigenvalue weighted by atomic mass is 32.1. The monoisotopic (exact) mass is 212 g/mol. The van der Waals surface area contributed by atoms with Crippen molar-refractivity contribution in [3.8, 4) is 0 Å². The molecule has 1 aromatic heterocycles. The summed E-state index contributed by atoms with van der Waals surface area (Å²) >= 11 is 5.17. The van der Waals surface area contributed by atoms with E-state index < -0.39 is 0 Å². The van der Waals surface area contributed by atoms with Gasteiger partial charge in [-0.3, -0.25) is 5.10 Å². The molecule has 1 saturated heterocycles. The summed E-state index contributed by atoms with van der Waals surface area (Å²) in [6.45, 7) is 5.37. The molecule has 1 aliphatic heterocycles. The van der Waals surface area contributed by atoms with E-state index in [-0.39, 0.29) is 0 Å². The molecule has 1 fully saturated rings. The van der Waals surface area contributed by atoms with Gasteiger partial charge in [0.2, 0.25) is 0 Å². The second-order valence-corrected chi connectivity index (χ2v) is 4.49. The number of nitrogens with one attached hydrogen (secondary N) is 1. The SMILES string of the molecule is Cc1n[nH]c(=S)n1CC1CCN(C)C1. The van der Waals surface area contributed by atoms with E-state index >= 15 is 0 Å². The van der Waals surface area contributed by atoms with Crippen LogP contribution in [0, 0.1) is 17.6 Å². The van der Waals surface area contributed by atoms with Gasteiger partial charge in [0.25, 0.3) is 0 Å². The summed E-state index contributed by atoms with van der Waals surface area (Å²) in [5, 5.41) is 6.93. The quantitative estimate of drug-likeness (QED) is 0.748. The maximum atomic E-state index is 5.17. The molecule has 1 unspecified atom stereocenters. The molecule has 0 bridgehead atoms. The van der Waals surface area contributed by atoms with Crippen molar-refractivity contribution in [2.75, 3.05) is 20.1 Å². The molecule has 5 heteroatoms. The lowest BCUT2D eigenvalue weighted by atomic mass is 10.1. The van der Waals surface area contributed by atoms with E-state index in [0.717, 1.165) is 23.1 Å². The van der Waals surface area contributed by atoms with Crippen LogP contribution in [-0.2, 0) is 6.54 Å². The Balaban J connectivity index is 2.07. The Hall–Kier alpha value is -0.680. The van der Waals surface area contributed by atoms with Gasteiger partial charge in [0.1, 0.15) is 5.82 Å². The molecule has 0 amide bonds. The van der Waals surface area contributed by atoms with Crippen molar-refractivity contribution >= 4 is 12.2 Å². The molecule has 1 N–H and O–H groups in total. The Bertz CT molecular complexity index is 367. The van der Waals surface area contributed by atoms with E-state index in [0.29, 0.717) is 0 Å². The number of likely N-dealkylation sites (tertiary alicyclic amines) is 1. The number of rotatable bonds is 2. The summed E-state index contributed by atoms with van der Waals surface area (Å²) in [4.78, 5) is 2.36. The highest BCUT2D eigenvalue weighted by molar-refractivity contribution is 7.71. The van der Waals surface area contributed by atoms with Crippen LogP contribution in [0.3, 0.4) is 0 Å². The van der Waals surface area contributed by atoms with Crippen LogP contribution in [0.2, 0.25) is 0 Å². The van der Waals surface area contributed by atoms with Gasteiger partial charge in [-0.2, -0.15) is 5.10 Å². The fourth-order valence-electron chi connectivity index (χ4n) is 2.04. The molecule has 0 spiro atoms. The van der Waals surface area contributed by atoms with Gasteiger partial charge in [-0.1, -0.05) is 0 Å². The van der Waals surface area contributed by atoms with E-state index in [1.165, 1.54) is 19.5 Å². The first-order valence-electron chi connectivity index (χ1n) is 4.97. The largest absolute Gasteiger partial charge is 0.306 e. The number of aromatic nitrogens is 3. The molecule has 1 atom stereocenters. The van der Waals surface area contributed by atoms with Gasteiger partial charge < -0.3 is 9.47 Å². The van der Waals surface area contributed by atoms with Crippen LogP contribution in [0.5, 0.6) is 0 Å². The average Bonchev–Trinajstić information content (AvgIpc) is 2.67. The van der Waals surface area contributed by atoms with Crippen molar-refractivity contribution in [3.05, 3.63) is 10.6 Å². The van der Waals surface area contributed by atoms with Crippen molar-refractivity contribution in [2.24, 2.45) is 5.92 Å². The lowest BCUT2D eigenvalue weighted by Crippen LogP contribution is -2.17. The molecule has 0 radical (unpaired) electrons. The van der Waals surface area contributed by atoms with Gasteiger partial charge in [-0.25, -0.2) is 0 Å². The highest BCUT2D eigenvalue weighted by Crippen LogP contribution is 2.16. The number of aromatic amines is 1. The molecule has 4 nitrogen and oxygen atoms in total. The summed E-state index contributed by atoms with van der Waals surface area (Å²) in [7, 11) is 2.17.